The van der Waals surface area contributed by atoms with Crippen molar-refractivity contribution in [2.75, 3.05) is 16.4 Å². The predicted molar refractivity (Wildman–Crippen MR) is 142 cm³/mol. The Morgan fingerprint density at radius 1 is 0.868 bits per heavy atom. The van der Waals surface area contributed by atoms with Crippen LogP contribution < -0.4 is 16.4 Å². The van der Waals surface area contributed by atoms with E-state index in [-0.39, 0.29) is 11.1 Å². The zero-order valence-electron chi connectivity index (χ0n) is 19.8. The molecular formula is C27H19F3N6OS. The molecule has 7 nitrogen and oxygen atoms in total. The van der Waals surface area contributed by atoms with E-state index >= 15 is 0 Å². The molecule has 0 aliphatic rings. The van der Waals surface area contributed by atoms with E-state index < -0.39 is 28.9 Å². The molecule has 190 valence electrons. The lowest BCUT2D eigenvalue weighted by atomic mass is 10.1. The predicted octanol–water partition coefficient (Wildman–Crippen LogP) is 6.57. The molecule has 0 atom stereocenters. The Morgan fingerprint density at radius 2 is 1.58 bits per heavy atom. The van der Waals surface area contributed by atoms with Gasteiger partial charge in [0.2, 0.25) is 5.95 Å². The molecule has 5 aromatic rings. The van der Waals surface area contributed by atoms with Crippen LogP contribution in [0.15, 0.2) is 72.8 Å². The van der Waals surface area contributed by atoms with E-state index in [4.69, 9.17) is 5.73 Å². The molecule has 0 bridgehead atoms. The normalized spacial score (nSPS) is 10.8. The van der Waals surface area contributed by atoms with E-state index in [1.54, 1.807) is 49.4 Å². The van der Waals surface area contributed by atoms with Gasteiger partial charge in [-0.05, 0) is 55.5 Å². The van der Waals surface area contributed by atoms with Crippen LogP contribution in [0, 0.1) is 24.4 Å². The molecule has 0 fully saturated rings. The molecule has 3 aromatic carbocycles. The first-order valence-electron chi connectivity index (χ1n) is 11.3. The zero-order chi connectivity index (χ0) is 26.8. The molecule has 0 saturated carbocycles. The molecular weight excluding hydrogens is 513 g/mol. The van der Waals surface area contributed by atoms with Crippen molar-refractivity contribution in [1.29, 1.82) is 0 Å². The minimum absolute atomic E-state index is 0.261. The summed E-state index contributed by atoms with van der Waals surface area (Å²) < 4.78 is 41.7. The molecule has 0 saturated heterocycles. The number of halogens is 3. The number of hydrogen-bond donors (Lipinski definition) is 3. The van der Waals surface area contributed by atoms with Crippen LogP contribution in [0.5, 0.6) is 0 Å². The zero-order valence-corrected chi connectivity index (χ0v) is 20.6. The van der Waals surface area contributed by atoms with E-state index in [9.17, 15) is 18.0 Å². The van der Waals surface area contributed by atoms with E-state index in [1.807, 2.05) is 0 Å². The SMILES string of the molecule is Cc1cc(-c2sc(N)nc2-c2cccc(NC(=O)c3c(F)cccc3F)c2)nc(Nc2cccc(F)c2)n1. The van der Waals surface area contributed by atoms with Gasteiger partial charge >= 0.3 is 0 Å². The summed E-state index contributed by atoms with van der Waals surface area (Å²) in [5.74, 6) is -2.98. The summed E-state index contributed by atoms with van der Waals surface area (Å²) in [4.78, 5) is 26.6. The maximum atomic E-state index is 14.1. The standard InChI is InChI=1S/C27H19F3N6OS/c1-14-11-21(35-27(32-14)34-18-8-3-6-16(28)13-18)24-23(36-26(31)38-24)15-5-2-7-17(12-15)33-25(37)22-19(29)9-4-10-20(22)30/h2-13H,1H3,(H2,31,36)(H,33,37)(H,32,34,35). The maximum absolute atomic E-state index is 14.1. The lowest BCUT2D eigenvalue weighted by Gasteiger charge is -2.10. The van der Waals surface area contributed by atoms with Crippen LogP contribution >= 0.6 is 11.3 Å². The van der Waals surface area contributed by atoms with Gasteiger partial charge < -0.3 is 16.4 Å². The lowest BCUT2D eigenvalue weighted by Crippen LogP contribution is -2.15. The van der Waals surface area contributed by atoms with E-state index in [1.165, 1.54) is 29.5 Å². The van der Waals surface area contributed by atoms with Gasteiger partial charge in [0.1, 0.15) is 23.0 Å². The topological polar surface area (TPSA) is 106 Å². The summed E-state index contributed by atoms with van der Waals surface area (Å²) in [5.41, 5.74) is 8.44. The van der Waals surface area contributed by atoms with Gasteiger partial charge in [-0.15, -0.1) is 0 Å². The van der Waals surface area contributed by atoms with Crippen molar-refractivity contribution in [2.24, 2.45) is 0 Å². The third-order valence-corrected chi connectivity index (χ3v) is 6.30. The number of nitrogens with one attached hydrogen (secondary N) is 2. The third kappa shape index (κ3) is 5.32. The van der Waals surface area contributed by atoms with Crippen molar-refractivity contribution < 1.29 is 18.0 Å². The molecule has 0 unspecified atom stereocenters. The van der Waals surface area contributed by atoms with Gasteiger partial charge in [-0.1, -0.05) is 35.6 Å². The highest BCUT2D eigenvalue weighted by atomic mass is 32.1. The van der Waals surface area contributed by atoms with Crippen LogP contribution in [0.1, 0.15) is 16.1 Å². The number of anilines is 4. The average molecular weight is 533 g/mol. The number of aryl methyl sites for hydroxylation is 1. The summed E-state index contributed by atoms with van der Waals surface area (Å²) in [6, 6.07) is 17.5. The van der Waals surface area contributed by atoms with Crippen LogP contribution in [-0.2, 0) is 0 Å². The molecule has 0 radical (unpaired) electrons. The Balaban J connectivity index is 1.48. The highest BCUT2D eigenvalue weighted by Gasteiger charge is 2.19. The van der Waals surface area contributed by atoms with Gasteiger partial charge in [-0.25, -0.2) is 28.1 Å². The number of aromatic nitrogens is 3. The highest BCUT2D eigenvalue weighted by Crippen LogP contribution is 2.38. The fraction of sp³-hybridized carbons (Fsp3) is 0.0370. The first-order chi connectivity index (χ1) is 18.3. The van der Waals surface area contributed by atoms with E-state index in [0.717, 1.165) is 12.1 Å². The number of amides is 1. The van der Waals surface area contributed by atoms with Crippen LogP contribution in [0.4, 0.5) is 35.6 Å². The summed E-state index contributed by atoms with van der Waals surface area (Å²) in [5, 5.41) is 5.81. The van der Waals surface area contributed by atoms with Crippen molar-refractivity contribution in [2.45, 2.75) is 6.92 Å². The molecule has 0 spiro atoms. The number of thiazole rings is 1. The fourth-order valence-corrected chi connectivity index (χ4v) is 4.61. The second kappa shape index (κ2) is 10.3. The Labute approximate surface area is 219 Å². The average Bonchev–Trinajstić information content (AvgIpc) is 3.25. The molecule has 0 aliphatic carbocycles. The number of rotatable bonds is 6. The molecule has 0 aliphatic heterocycles. The number of nitrogen functional groups attached to an aromatic ring is 1. The summed E-state index contributed by atoms with van der Waals surface area (Å²) in [6.45, 7) is 1.80. The smallest absolute Gasteiger partial charge is 0.261 e. The Kier molecular flexibility index (Phi) is 6.75. The van der Waals surface area contributed by atoms with Gasteiger partial charge in [0.25, 0.3) is 5.91 Å². The summed E-state index contributed by atoms with van der Waals surface area (Å²) >= 11 is 1.21. The van der Waals surface area contributed by atoms with Crippen molar-refractivity contribution in [3.63, 3.8) is 0 Å². The largest absolute Gasteiger partial charge is 0.375 e. The van der Waals surface area contributed by atoms with E-state index in [2.05, 4.69) is 25.6 Å². The minimum atomic E-state index is -0.963. The molecule has 2 heterocycles. The van der Waals surface area contributed by atoms with Crippen molar-refractivity contribution in [3.05, 3.63) is 102 Å². The second-order valence-electron chi connectivity index (χ2n) is 8.21. The number of carbonyl (C=O) groups excluding carboxylic acids is 1. The maximum Gasteiger partial charge on any atom is 0.261 e. The second-order valence-corrected chi connectivity index (χ2v) is 9.25. The number of carbonyl (C=O) groups is 1. The minimum Gasteiger partial charge on any atom is -0.375 e. The number of benzene rings is 3. The molecule has 5 rings (SSSR count). The lowest BCUT2D eigenvalue weighted by molar-refractivity contribution is 0.101. The van der Waals surface area contributed by atoms with Crippen LogP contribution in [0.25, 0.3) is 21.8 Å². The van der Waals surface area contributed by atoms with Gasteiger partial charge in [-0.2, -0.15) is 0 Å². The number of nitrogens with zero attached hydrogens (tertiary/aromatic N) is 3. The Hall–Kier alpha value is -4.77. The highest BCUT2D eigenvalue weighted by molar-refractivity contribution is 7.19. The molecule has 2 aromatic heterocycles. The Bertz CT molecular complexity index is 1650. The molecule has 11 heteroatoms. The van der Waals surface area contributed by atoms with Gasteiger partial charge in [0.15, 0.2) is 5.13 Å². The monoisotopic (exact) mass is 532 g/mol. The van der Waals surface area contributed by atoms with Gasteiger partial charge in [-0.3, -0.25) is 4.79 Å². The van der Waals surface area contributed by atoms with Crippen LogP contribution in [0.2, 0.25) is 0 Å². The Morgan fingerprint density at radius 3 is 2.34 bits per heavy atom. The quantitative estimate of drug-likeness (QED) is 0.228. The van der Waals surface area contributed by atoms with Gasteiger partial charge in [0.05, 0.1) is 16.3 Å². The van der Waals surface area contributed by atoms with Crippen LogP contribution in [-0.4, -0.2) is 20.9 Å². The van der Waals surface area contributed by atoms with Crippen LogP contribution in [0.3, 0.4) is 0 Å². The van der Waals surface area contributed by atoms with Crippen molar-refractivity contribution in [1.82, 2.24) is 15.0 Å². The summed E-state index contributed by atoms with van der Waals surface area (Å²) in [7, 11) is 0. The molecule has 38 heavy (non-hydrogen) atoms. The van der Waals surface area contributed by atoms with E-state index in [0.29, 0.717) is 38.9 Å². The molecule has 4 N–H and O–H groups in total. The molecule has 1 amide bonds. The fourth-order valence-electron chi connectivity index (χ4n) is 3.79. The first kappa shape index (κ1) is 24.9. The number of nitrogens with two attached hydrogens (primary N) is 1. The van der Waals surface area contributed by atoms with Crippen molar-refractivity contribution >= 4 is 39.7 Å². The van der Waals surface area contributed by atoms with Crippen molar-refractivity contribution in [3.8, 4) is 21.8 Å². The third-order valence-electron chi connectivity index (χ3n) is 5.40. The number of hydrogen-bond acceptors (Lipinski definition) is 7. The van der Waals surface area contributed by atoms with Gasteiger partial charge in [0, 0.05) is 22.6 Å². The summed E-state index contributed by atoms with van der Waals surface area (Å²) in [6.07, 6.45) is 0. The first-order valence-corrected chi connectivity index (χ1v) is 12.1.